The first-order chi connectivity index (χ1) is 16.8. The van der Waals surface area contributed by atoms with Crippen LogP contribution in [0.1, 0.15) is 5.56 Å². The second kappa shape index (κ2) is 10.4. The third-order valence-corrected chi connectivity index (χ3v) is 5.48. The third-order valence-electron chi connectivity index (χ3n) is 4.90. The number of carbonyl (C=O) groups is 4. The van der Waals surface area contributed by atoms with E-state index in [2.05, 4.69) is 10.6 Å². The molecule has 0 radical (unpaired) electrons. The molecule has 2 N–H and O–H groups in total. The van der Waals surface area contributed by atoms with Crippen LogP contribution in [-0.2, 0) is 14.4 Å². The van der Waals surface area contributed by atoms with Gasteiger partial charge in [-0.1, -0.05) is 47.5 Å². The molecule has 3 aromatic carbocycles. The average Bonchev–Trinajstić information content (AvgIpc) is 2.84. The molecular weight excluding hydrogens is 493 g/mol. The predicted molar refractivity (Wildman–Crippen MR) is 132 cm³/mol. The molecule has 5 amide bonds. The van der Waals surface area contributed by atoms with Crippen LogP contribution in [0.2, 0.25) is 10.0 Å². The summed E-state index contributed by atoms with van der Waals surface area (Å²) in [6.45, 7) is -0.245. The van der Waals surface area contributed by atoms with Crippen molar-refractivity contribution in [1.82, 2.24) is 5.32 Å². The Morgan fingerprint density at radius 2 is 1.63 bits per heavy atom. The predicted octanol–water partition coefficient (Wildman–Crippen LogP) is 4.68. The van der Waals surface area contributed by atoms with Gasteiger partial charge in [-0.25, -0.2) is 9.69 Å². The zero-order valence-electron chi connectivity index (χ0n) is 18.0. The fourth-order valence-electron chi connectivity index (χ4n) is 3.21. The lowest BCUT2D eigenvalue weighted by Gasteiger charge is -2.26. The minimum Gasteiger partial charge on any atom is -0.484 e. The Morgan fingerprint density at radius 3 is 2.31 bits per heavy atom. The van der Waals surface area contributed by atoms with Crippen molar-refractivity contribution in [3.8, 4) is 5.75 Å². The number of barbiturate groups is 1. The summed E-state index contributed by atoms with van der Waals surface area (Å²) in [6, 6.07) is 18.4. The van der Waals surface area contributed by atoms with Crippen molar-refractivity contribution in [2.75, 3.05) is 16.8 Å². The van der Waals surface area contributed by atoms with Crippen LogP contribution in [0.3, 0.4) is 0 Å². The number of rotatable bonds is 6. The standard InChI is InChI=1S/C25H17Cl2N3O5/c26-16-7-9-17(10-8-16)30-24(33)19(23(32)29-25(30)34)13-15-5-11-18(12-6-15)35-14-22(31)28-21-4-2-1-3-20(21)27/h1-13H,14H2,(H,28,31)(H,29,32,34)/b19-13-. The number of hydrogen-bond acceptors (Lipinski definition) is 5. The van der Waals surface area contributed by atoms with Gasteiger partial charge in [0, 0.05) is 5.02 Å². The second-order valence-corrected chi connectivity index (χ2v) is 8.16. The van der Waals surface area contributed by atoms with Crippen molar-refractivity contribution in [2.24, 2.45) is 0 Å². The molecule has 1 aliphatic heterocycles. The van der Waals surface area contributed by atoms with Crippen LogP contribution in [0.5, 0.6) is 5.75 Å². The summed E-state index contributed by atoms with van der Waals surface area (Å²) in [5, 5.41) is 5.66. The van der Waals surface area contributed by atoms with Gasteiger partial charge in [0.25, 0.3) is 17.7 Å². The van der Waals surface area contributed by atoms with Crippen LogP contribution < -0.4 is 20.3 Å². The van der Waals surface area contributed by atoms with Crippen LogP contribution in [0.4, 0.5) is 16.2 Å². The highest BCUT2D eigenvalue weighted by Crippen LogP contribution is 2.24. The number of benzene rings is 3. The Morgan fingerprint density at radius 1 is 0.943 bits per heavy atom. The summed E-state index contributed by atoms with van der Waals surface area (Å²) in [5.41, 5.74) is 1.05. The van der Waals surface area contributed by atoms with Crippen LogP contribution in [-0.4, -0.2) is 30.4 Å². The van der Waals surface area contributed by atoms with Gasteiger partial charge in [0.15, 0.2) is 6.61 Å². The molecule has 0 aliphatic carbocycles. The maximum absolute atomic E-state index is 12.9. The second-order valence-electron chi connectivity index (χ2n) is 7.32. The van der Waals surface area contributed by atoms with Gasteiger partial charge in [-0.05, 0) is 60.2 Å². The summed E-state index contributed by atoms with van der Waals surface area (Å²) in [5.74, 6) is -1.56. The number of imide groups is 2. The number of nitrogens with one attached hydrogen (secondary N) is 2. The highest BCUT2D eigenvalue weighted by Gasteiger charge is 2.36. The van der Waals surface area contributed by atoms with Gasteiger partial charge in [-0.15, -0.1) is 0 Å². The molecule has 1 fully saturated rings. The molecule has 3 aromatic rings. The Labute approximate surface area is 210 Å². The summed E-state index contributed by atoms with van der Waals surface area (Å²) in [4.78, 5) is 50.5. The lowest BCUT2D eigenvalue weighted by atomic mass is 10.1. The molecule has 1 aliphatic rings. The molecule has 1 heterocycles. The van der Waals surface area contributed by atoms with E-state index in [1.807, 2.05) is 0 Å². The van der Waals surface area contributed by atoms with E-state index in [-0.39, 0.29) is 23.8 Å². The van der Waals surface area contributed by atoms with E-state index in [9.17, 15) is 19.2 Å². The van der Waals surface area contributed by atoms with Gasteiger partial charge >= 0.3 is 6.03 Å². The van der Waals surface area contributed by atoms with Gasteiger partial charge in [0.05, 0.1) is 16.4 Å². The summed E-state index contributed by atoms with van der Waals surface area (Å²) < 4.78 is 5.48. The van der Waals surface area contributed by atoms with Crippen molar-refractivity contribution >= 4 is 64.4 Å². The summed E-state index contributed by atoms with van der Waals surface area (Å²) in [6.07, 6.45) is 1.36. The molecular formula is C25H17Cl2N3O5. The van der Waals surface area contributed by atoms with E-state index in [4.69, 9.17) is 27.9 Å². The quantitative estimate of drug-likeness (QED) is 0.370. The molecule has 1 saturated heterocycles. The van der Waals surface area contributed by atoms with Crippen LogP contribution >= 0.6 is 23.2 Å². The Bertz CT molecular complexity index is 1340. The van der Waals surface area contributed by atoms with Crippen LogP contribution in [0.25, 0.3) is 6.08 Å². The van der Waals surface area contributed by atoms with E-state index >= 15 is 0 Å². The van der Waals surface area contributed by atoms with Crippen molar-refractivity contribution in [3.63, 3.8) is 0 Å². The van der Waals surface area contributed by atoms with Crippen LogP contribution in [0.15, 0.2) is 78.4 Å². The topological polar surface area (TPSA) is 105 Å². The molecule has 10 heteroatoms. The van der Waals surface area contributed by atoms with Gasteiger partial charge in [0.2, 0.25) is 0 Å². The van der Waals surface area contributed by atoms with Crippen molar-refractivity contribution < 1.29 is 23.9 Å². The molecule has 0 saturated carbocycles. The van der Waals surface area contributed by atoms with E-state index in [1.165, 1.54) is 30.3 Å². The largest absolute Gasteiger partial charge is 0.484 e. The molecule has 0 aromatic heterocycles. The number of halogens is 2. The summed E-state index contributed by atoms with van der Waals surface area (Å²) in [7, 11) is 0. The zero-order valence-corrected chi connectivity index (χ0v) is 19.5. The van der Waals surface area contributed by atoms with Gasteiger partial charge in [-0.2, -0.15) is 0 Å². The maximum Gasteiger partial charge on any atom is 0.335 e. The minimum absolute atomic E-state index is 0.215. The van der Waals surface area contributed by atoms with E-state index in [1.54, 1.807) is 48.5 Å². The summed E-state index contributed by atoms with van der Waals surface area (Å²) >= 11 is 11.9. The lowest BCUT2D eigenvalue weighted by Crippen LogP contribution is -2.54. The number of nitrogens with zero attached hydrogens (tertiary/aromatic N) is 1. The number of carbonyl (C=O) groups excluding carboxylic acids is 4. The zero-order chi connectivity index (χ0) is 24.9. The van der Waals surface area contributed by atoms with E-state index in [0.717, 1.165) is 4.90 Å². The number of amides is 5. The van der Waals surface area contributed by atoms with Crippen molar-refractivity contribution in [3.05, 3.63) is 94.0 Å². The maximum atomic E-state index is 12.9. The molecule has 35 heavy (non-hydrogen) atoms. The Hall–Kier alpha value is -4.14. The first kappa shape index (κ1) is 24.0. The van der Waals surface area contributed by atoms with Gasteiger partial charge < -0.3 is 10.1 Å². The molecule has 4 rings (SSSR count). The Balaban J connectivity index is 1.43. The first-order valence-corrected chi connectivity index (χ1v) is 11.0. The number of urea groups is 1. The van der Waals surface area contributed by atoms with Gasteiger partial charge in [0.1, 0.15) is 11.3 Å². The number of anilines is 2. The molecule has 0 bridgehead atoms. The number of hydrogen-bond donors (Lipinski definition) is 2. The lowest BCUT2D eigenvalue weighted by molar-refractivity contribution is -0.122. The number of ether oxygens (including phenoxy) is 1. The minimum atomic E-state index is -0.849. The van der Waals surface area contributed by atoms with Gasteiger partial charge in [-0.3, -0.25) is 19.7 Å². The first-order valence-electron chi connectivity index (χ1n) is 10.3. The average molecular weight is 510 g/mol. The fraction of sp³-hybridized carbons (Fsp3) is 0.0400. The highest BCUT2D eigenvalue weighted by atomic mass is 35.5. The van der Waals surface area contributed by atoms with Crippen LogP contribution in [0, 0.1) is 0 Å². The van der Waals surface area contributed by atoms with E-state index in [0.29, 0.717) is 27.0 Å². The number of para-hydroxylation sites is 1. The smallest absolute Gasteiger partial charge is 0.335 e. The molecule has 0 spiro atoms. The monoisotopic (exact) mass is 509 g/mol. The molecule has 176 valence electrons. The Kier molecular flexibility index (Phi) is 7.14. The third kappa shape index (κ3) is 5.68. The highest BCUT2D eigenvalue weighted by molar-refractivity contribution is 6.39. The van der Waals surface area contributed by atoms with E-state index < -0.39 is 17.8 Å². The SMILES string of the molecule is O=C(COc1ccc(/C=C2/C(=O)NC(=O)N(c3ccc(Cl)cc3)C2=O)cc1)Nc1ccccc1Cl. The fourth-order valence-corrected chi connectivity index (χ4v) is 3.52. The molecule has 0 atom stereocenters. The van der Waals surface area contributed by atoms with Crippen molar-refractivity contribution in [1.29, 1.82) is 0 Å². The van der Waals surface area contributed by atoms with Crippen molar-refractivity contribution in [2.45, 2.75) is 0 Å². The molecule has 8 nitrogen and oxygen atoms in total. The molecule has 0 unspecified atom stereocenters. The normalized spacial score (nSPS) is 14.6.